The highest BCUT2D eigenvalue weighted by molar-refractivity contribution is 7.71. The van der Waals surface area contributed by atoms with Gasteiger partial charge in [0.2, 0.25) is 0 Å². The van der Waals surface area contributed by atoms with E-state index in [1.807, 2.05) is 29.7 Å². The minimum absolute atomic E-state index is 0.197. The third kappa shape index (κ3) is 9.59. The maximum absolute atomic E-state index is 14.0. The van der Waals surface area contributed by atoms with Gasteiger partial charge in [0.05, 0.1) is 61.7 Å². The number of carbonyl (C=O) groups excluding carboxylic acids is 2. The number of nitrogens with zero attached hydrogens (tertiary/aromatic N) is 1. The molecule has 1 aromatic heterocycles. The topological polar surface area (TPSA) is 147 Å². The third-order valence-corrected chi connectivity index (χ3v) is 10.5. The molecule has 4 rings (SSSR count). The molecule has 0 fully saturated rings. The number of aromatic amines is 1. The van der Waals surface area contributed by atoms with Crippen molar-refractivity contribution >= 4 is 46.6 Å². The number of dihydropyridines is 1. The largest absolute Gasteiger partial charge is 0.494 e. The van der Waals surface area contributed by atoms with Crippen LogP contribution in [0.1, 0.15) is 120 Å². The average Bonchev–Trinajstić information content (AvgIpc) is 3.42. The van der Waals surface area contributed by atoms with E-state index in [0.29, 0.717) is 45.3 Å². The van der Waals surface area contributed by atoms with Gasteiger partial charge in [-0.25, -0.2) is 9.59 Å². The van der Waals surface area contributed by atoms with Crippen LogP contribution in [0.2, 0.25) is 0 Å². The molecule has 2 aromatic carbocycles. The van der Waals surface area contributed by atoms with Crippen LogP contribution in [-0.2, 0) is 32.0 Å². The molecule has 3 aromatic rings. The summed E-state index contributed by atoms with van der Waals surface area (Å²) in [6.07, 6.45) is 16.7. The van der Waals surface area contributed by atoms with Crippen molar-refractivity contribution < 1.29 is 23.8 Å². The van der Waals surface area contributed by atoms with Crippen molar-refractivity contribution in [1.82, 2.24) is 14.9 Å². The lowest BCUT2D eigenvalue weighted by atomic mass is 9.76. The molecule has 0 saturated heterocycles. The van der Waals surface area contributed by atoms with Gasteiger partial charge in [-0.15, -0.1) is 0 Å². The number of hydrogen-bond acceptors (Lipinski definition) is 9. The van der Waals surface area contributed by atoms with Crippen LogP contribution >= 0.6 is 12.2 Å². The van der Waals surface area contributed by atoms with Crippen molar-refractivity contribution in [2.75, 3.05) is 32.8 Å². The molecule has 1 aliphatic rings. The minimum atomic E-state index is -0.949. The van der Waals surface area contributed by atoms with Crippen LogP contribution in [0.3, 0.4) is 0 Å². The van der Waals surface area contributed by atoms with E-state index in [1.165, 1.54) is 85.5 Å². The van der Waals surface area contributed by atoms with Gasteiger partial charge >= 0.3 is 11.9 Å². The van der Waals surface area contributed by atoms with Gasteiger partial charge in [0.1, 0.15) is 5.75 Å². The summed E-state index contributed by atoms with van der Waals surface area (Å²) in [5.41, 5.74) is 19.8. The van der Waals surface area contributed by atoms with E-state index >= 15 is 0 Å². The molecule has 1 atom stereocenters. The fourth-order valence-corrected chi connectivity index (χ4v) is 7.81. The predicted molar refractivity (Wildman–Crippen MR) is 213 cm³/mol. The first-order valence-corrected chi connectivity index (χ1v) is 19.3. The van der Waals surface area contributed by atoms with Crippen LogP contribution in [-0.4, -0.2) is 42.8 Å². The zero-order chi connectivity index (χ0) is 37.8. The number of carbonyl (C=O) groups is 2. The number of unbranched alkanes of at least 4 members (excludes halogenated alkanes) is 12. The quantitative estimate of drug-likeness (QED) is 0.0387. The average molecular weight is 734 g/mol. The Bertz CT molecular complexity index is 1840. The van der Waals surface area contributed by atoms with Crippen LogP contribution in [0.5, 0.6) is 5.75 Å². The standard InChI is InChI=1S/C41H59N5O5S/c1-7-8-9-10-11-12-13-14-15-16-17-18-19-20-28-29(42)24-30(43)38(49-4)35(28)37-34(39(47)50-5)27(3)44-32(36(37)40(48)51-6)25-46-33-22-21-26(2)23-31(33)45-41(46)52/h21-24,37,44H,7-20,25,42-43H2,1-6H3,(H,45,52). The van der Waals surface area contributed by atoms with Gasteiger partial charge in [-0.3, -0.25) is 0 Å². The Morgan fingerprint density at radius 1 is 0.808 bits per heavy atom. The summed E-state index contributed by atoms with van der Waals surface area (Å²) in [6, 6.07) is 7.73. The Morgan fingerprint density at radius 3 is 1.96 bits per heavy atom. The predicted octanol–water partition coefficient (Wildman–Crippen LogP) is 9.08. The fraction of sp³-hybridized carbons (Fsp3) is 0.537. The number of benzene rings is 2. The van der Waals surface area contributed by atoms with E-state index in [-0.39, 0.29) is 17.7 Å². The summed E-state index contributed by atoms with van der Waals surface area (Å²) in [5.74, 6) is -1.79. The van der Waals surface area contributed by atoms with Crippen LogP contribution in [0.25, 0.3) is 11.0 Å². The number of methoxy groups -OCH3 is 3. The molecule has 10 nitrogen and oxygen atoms in total. The fourth-order valence-electron chi connectivity index (χ4n) is 7.53. The number of anilines is 2. The van der Waals surface area contributed by atoms with Crippen molar-refractivity contribution in [3.05, 3.63) is 68.3 Å². The van der Waals surface area contributed by atoms with Crippen molar-refractivity contribution in [1.29, 1.82) is 0 Å². The number of hydrogen-bond donors (Lipinski definition) is 4. The Morgan fingerprint density at radius 2 is 1.38 bits per heavy atom. The van der Waals surface area contributed by atoms with E-state index in [9.17, 15) is 9.59 Å². The first kappa shape index (κ1) is 40.5. The van der Waals surface area contributed by atoms with Gasteiger partial charge in [-0.2, -0.15) is 0 Å². The molecule has 284 valence electrons. The highest BCUT2D eigenvalue weighted by Crippen LogP contribution is 2.48. The summed E-state index contributed by atoms with van der Waals surface area (Å²) in [6.45, 7) is 6.26. The maximum Gasteiger partial charge on any atom is 0.336 e. The number of imidazole rings is 1. The molecule has 11 heteroatoms. The molecule has 0 radical (unpaired) electrons. The van der Waals surface area contributed by atoms with E-state index < -0.39 is 17.9 Å². The van der Waals surface area contributed by atoms with Crippen LogP contribution in [0.15, 0.2) is 46.8 Å². The number of allylic oxidation sites excluding steroid dienone is 2. The van der Waals surface area contributed by atoms with Gasteiger partial charge in [-0.05, 0) is 68.2 Å². The zero-order valence-electron chi connectivity index (χ0n) is 32.0. The highest BCUT2D eigenvalue weighted by Gasteiger charge is 2.42. The van der Waals surface area contributed by atoms with E-state index in [1.54, 1.807) is 13.0 Å². The van der Waals surface area contributed by atoms with E-state index in [2.05, 4.69) is 17.2 Å². The molecule has 52 heavy (non-hydrogen) atoms. The smallest absolute Gasteiger partial charge is 0.336 e. The molecular weight excluding hydrogens is 675 g/mol. The molecule has 0 spiro atoms. The van der Waals surface area contributed by atoms with Gasteiger partial charge in [0.25, 0.3) is 0 Å². The molecule has 1 aliphatic heterocycles. The van der Waals surface area contributed by atoms with Crippen molar-refractivity contribution in [2.45, 2.75) is 123 Å². The molecule has 0 bridgehead atoms. The number of nitrogen functional groups attached to an aromatic ring is 2. The second kappa shape index (κ2) is 19.5. The Labute approximate surface area is 314 Å². The highest BCUT2D eigenvalue weighted by atomic mass is 32.1. The van der Waals surface area contributed by atoms with E-state index in [4.69, 9.17) is 37.9 Å². The van der Waals surface area contributed by atoms with E-state index in [0.717, 1.165) is 41.4 Å². The van der Waals surface area contributed by atoms with Crippen molar-refractivity contribution in [2.24, 2.45) is 0 Å². The Kier molecular flexibility index (Phi) is 15.2. The first-order valence-electron chi connectivity index (χ1n) is 18.9. The lowest BCUT2D eigenvalue weighted by molar-refractivity contribution is -0.137. The lowest BCUT2D eigenvalue weighted by Gasteiger charge is -2.34. The monoisotopic (exact) mass is 733 g/mol. The van der Waals surface area contributed by atoms with Crippen molar-refractivity contribution in [3.63, 3.8) is 0 Å². The zero-order valence-corrected chi connectivity index (χ0v) is 32.9. The van der Waals surface area contributed by atoms with Gasteiger partial charge in [0, 0.05) is 22.6 Å². The van der Waals surface area contributed by atoms with Crippen molar-refractivity contribution in [3.8, 4) is 5.75 Å². The molecule has 0 amide bonds. The Balaban J connectivity index is 1.68. The summed E-state index contributed by atoms with van der Waals surface area (Å²) < 4.78 is 19.1. The normalized spacial score (nSPS) is 14.5. The summed E-state index contributed by atoms with van der Waals surface area (Å²) in [4.78, 5) is 30.9. The SMILES string of the molecule is CCCCCCCCCCCCCCCc1c(N)cc(N)c(OC)c1C1C(C(=O)OC)=C(C)NC(Cn2c(=S)[nH]c3cc(C)ccc32)=C1C(=O)OC. The van der Waals surface area contributed by atoms with Crippen LogP contribution in [0.4, 0.5) is 11.4 Å². The van der Waals surface area contributed by atoms with Gasteiger partial charge in [0.15, 0.2) is 4.77 Å². The lowest BCUT2D eigenvalue weighted by Crippen LogP contribution is -2.35. The number of aryl methyl sites for hydroxylation is 1. The molecule has 2 heterocycles. The molecule has 0 aliphatic carbocycles. The molecule has 0 saturated carbocycles. The molecular formula is C41H59N5O5S. The number of H-pyrrole nitrogens is 1. The number of nitrogens with one attached hydrogen (secondary N) is 2. The van der Waals surface area contributed by atoms with Gasteiger partial charge in [-0.1, -0.05) is 90.0 Å². The molecule has 6 N–H and O–H groups in total. The second-order valence-electron chi connectivity index (χ2n) is 14.0. The number of aromatic nitrogens is 2. The second-order valence-corrected chi connectivity index (χ2v) is 14.4. The first-order chi connectivity index (χ1) is 25.1. The molecule has 1 unspecified atom stereocenters. The number of fused-ring (bicyclic) bond motifs is 1. The number of rotatable bonds is 20. The summed E-state index contributed by atoms with van der Waals surface area (Å²) in [5, 5.41) is 3.34. The Hall–Kier alpha value is -4.25. The summed E-state index contributed by atoms with van der Waals surface area (Å²) >= 11 is 5.75. The van der Waals surface area contributed by atoms with Crippen LogP contribution in [0, 0.1) is 11.7 Å². The van der Waals surface area contributed by atoms with Crippen LogP contribution < -0.4 is 21.5 Å². The minimum Gasteiger partial charge on any atom is -0.494 e. The van der Waals surface area contributed by atoms with Gasteiger partial charge < -0.3 is 40.5 Å². The number of ether oxygens (including phenoxy) is 3. The third-order valence-electron chi connectivity index (χ3n) is 10.2. The number of nitrogens with two attached hydrogens (primary N) is 2. The number of esters is 2. The maximum atomic E-state index is 14.0. The summed E-state index contributed by atoms with van der Waals surface area (Å²) in [7, 11) is 4.18.